The van der Waals surface area contributed by atoms with Crippen molar-refractivity contribution in [3.05, 3.63) is 78.1 Å². The molecule has 0 saturated carbocycles. The Kier molecular flexibility index (Phi) is 6.31. The van der Waals surface area contributed by atoms with Gasteiger partial charge < -0.3 is 9.73 Å². The number of anilines is 1. The van der Waals surface area contributed by atoms with Gasteiger partial charge in [-0.05, 0) is 48.9 Å². The van der Waals surface area contributed by atoms with Crippen LogP contribution in [-0.2, 0) is 10.0 Å². The molecule has 2 heterocycles. The molecule has 2 aromatic carbocycles. The Morgan fingerprint density at radius 1 is 1.03 bits per heavy atom. The predicted molar refractivity (Wildman–Crippen MR) is 129 cm³/mol. The third-order valence-corrected chi connectivity index (χ3v) is 7.58. The standard InChI is InChI=1S/C25H25N3O4S/c1-4-28(5-2)33(30,31)18-13-12-17(3)22(15-18)27-25(29)20-16-23(24-11-8-14-32-24)26-21-10-7-6-9-19(20)21/h6-16H,4-5H2,1-3H3,(H,27,29). The Hall–Kier alpha value is -3.49. The second-order valence-corrected chi connectivity index (χ2v) is 9.51. The predicted octanol–water partition coefficient (Wildman–Crippen LogP) is 5.09. The van der Waals surface area contributed by atoms with Gasteiger partial charge >= 0.3 is 0 Å². The van der Waals surface area contributed by atoms with E-state index >= 15 is 0 Å². The van der Waals surface area contributed by atoms with E-state index < -0.39 is 10.0 Å². The van der Waals surface area contributed by atoms with Crippen LogP contribution in [0.15, 0.2) is 76.2 Å². The van der Waals surface area contributed by atoms with Crippen LogP contribution in [-0.4, -0.2) is 36.7 Å². The molecule has 0 saturated heterocycles. The van der Waals surface area contributed by atoms with Crippen molar-refractivity contribution < 1.29 is 17.6 Å². The van der Waals surface area contributed by atoms with Crippen molar-refractivity contribution in [3.63, 3.8) is 0 Å². The molecule has 0 bridgehead atoms. The second-order valence-electron chi connectivity index (χ2n) is 7.57. The molecular formula is C25H25N3O4S. The largest absolute Gasteiger partial charge is 0.463 e. The fourth-order valence-electron chi connectivity index (χ4n) is 3.71. The highest BCUT2D eigenvalue weighted by molar-refractivity contribution is 7.89. The van der Waals surface area contributed by atoms with E-state index in [2.05, 4.69) is 10.3 Å². The van der Waals surface area contributed by atoms with Crippen molar-refractivity contribution in [2.75, 3.05) is 18.4 Å². The van der Waals surface area contributed by atoms with Gasteiger partial charge in [0.25, 0.3) is 5.91 Å². The molecule has 0 radical (unpaired) electrons. The van der Waals surface area contributed by atoms with Crippen LogP contribution in [0.3, 0.4) is 0 Å². The Bertz CT molecular complexity index is 1410. The Morgan fingerprint density at radius 3 is 2.48 bits per heavy atom. The van der Waals surface area contributed by atoms with Gasteiger partial charge in [-0.15, -0.1) is 0 Å². The molecule has 7 nitrogen and oxygen atoms in total. The van der Waals surface area contributed by atoms with Gasteiger partial charge in [0.15, 0.2) is 5.76 Å². The molecule has 1 N–H and O–H groups in total. The van der Waals surface area contributed by atoms with E-state index in [4.69, 9.17) is 4.42 Å². The minimum atomic E-state index is -3.65. The normalized spacial score (nSPS) is 11.8. The molecule has 0 aliphatic rings. The van der Waals surface area contributed by atoms with Gasteiger partial charge in [-0.3, -0.25) is 4.79 Å². The van der Waals surface area contributed by atoms with Gasteiger partial charge in [-0.2, -0.15) is 4.31 Å². The van der Waals surface area contributed by atoms with Crippen molar-refractivity contribution in [2.45, 2.75) is 25.7 Å². The highest BCUT2D eigenvalue weighted by Gasteiger charge is 2.23. The van der Waals surface area contributed by atoms with Crippen molar-refractivity contribution in [2.24, 2.45) is 0 Å². The summed E-state index contributed by atoms with van der Waals surface area (Å²) < 4.78 is 32.8. The number of para-hydroxylation sites is 1. The zero-order valence-electron chi connectivity index (χ0n) is 18.7. The molecule has 1 amide bonds. The topological polar surface area (TPSA) is 92.5 Å². The summed E-state index contributed by atoms with van der Waals surface area (Å²) in [5.41, 5.74) is 2.81. The lowest BCUT2D eigenvalue weighted by atomic mass is 10.1. The summed E-state index contributed by atoms with van der Waals surface area (Å²) in [4.78, 5) is 18.1. The number of nitrogens with zero attached hydrogens (tertiary/aromatic N) is 2. The van der Waals surface area contributed by atoms with Gasteiger partial charge in [-0.1, -0.05) is 38.1 Å². The number of rotatable bonds is 7. The van der Waals surface area contributed by atoms with Crippen molar-refractivity contribution in [1.29, 1.82) is 0 Å². The molecule has 2 aromatic heterocycles. The zero-order chi connectivity index (χ0) is 23.6. The minimum absolute atomic E-state index is 0.142. The number of carbonyl (C=O) groups is 1. The van der Waals surface area contributed by atoms with E-state index in [0.717, 1.165) is 5.56 Å². The number of hydrogen-bond acceptors (Lipinski definition) is 5. The number of carbonyl (C=O) groups excluding carboxylic acids is 1. The summed E-state index contributed by atoms with van der Waals surface area (Å²) in [7, 11) is -3.65. The average Bonchev–Trinajstić information content (AvgIpc) is 3.35. The van der Waals surface area contributed by atoms with Crippen molar-refractivity contribution >= 4 is 32.5 Å². The first-order chi connectivity index (χ1) is 15.8. The van der Waals surface area contributed by atoms with Gasteiger partial charge in [0.05, 0.1) is 22.2 Å². The molecule has 0 atom stereocenters. The number of fused-ring (bicyclic) bond motifs is 1. The third-order valence-electron chi connectivity index (χ3n) is 5.53. The number of hydrogen-bond donors (Lipinski definition) is 1. The lowest BCUT2D eigenvalue weighted by molar-refractivity contribution is 0.102. The summed E-state index contributed by atoms with van der Waals surface area (Å²) in [5.74, 6) is 0.195. The van der Waals surface area contributed by atoms with E-state index in [1.165, 1.54) is 10.4 Å². The summed E-state index contributed by atoms with van der Waals surface area (Å²) in [5, 5.41) is 3.59. The maximum atomic E-state index is 13.4. The van der Waals surface area contributed by atoms with Crippen LogP contribution >= 0.6 is 0 Å². The molecule has 4 aromatic rings. The summed E-state index contributed by atoms with van der Waals surface area (Å²) in [6, 6.07) is 17.4. The van der Waals surface area contributed by atoms with Crippen LogP contribution in [0.2, 0.25) is 0 Å². The smallest absolute Gasteiger partial charge is 0.256 e. The van der Waals surface area contributed by atoms with Crippen LogP contribution in [0.1, 0.15) is 29.8 Å². The van der Waals surface area contributed by atoms with Crippen LogP contribution in [0, 0.1) is 6.92 Å². The van der Waals surface area contributed by atoms with Gasteiger partial charge in [0, 0.05) is 24.2 Å². The molecule has 4 rings (SSSR count). The molecule has 0 unspecified atom stereocenters. The first-order valence-electron chi connectivity index (χ1n) is 10.7. The molecule has 170 valence electrons. The molecule has 33 heavy (non-hydrogen) atoms. The molecule has 0 aliphatic heterocycles. The molecular weight excluding hydrogens is 438 g/mol. The number of amides is 1. The lowest BCUT2D eigenvalue weighted by Crippen LogP contribution is -2.30. The Morgan fingerprint density at radius 2 is 1.79 bits per heavy atom. The SMILES string of the molecule is CCN(CC)S(=O)(=O)c1ccc(C)c(NC(=O)c2cc(-c3ccco3)nc3ccccc23)c1. The zero-order valence-corrected chi connectivity index (χ0v) is 19.5. The van der Waals surface area contributed by atoms with Gasteiger partial charge in [-0.25, -0.2) is 13.4 Å². The second kappa shape index (κ2) is 9.17. The fraction of sp³-hybridized carbons (Fsp3) is 0.200. The first-order valence-corrected chi connectivity index (χ1v) is 12.1. The van der Waals surface area contributed by atoms with Crippen molar-refractivity contribution in [3.8, 4) is 11.5 Å². The first kappa shape index (κ1) is 22.7. The number of aromatic nitrogens is 1. The molecule has 0 aliphatic carbocycles. The van der Waals surface area contributed by atoms with E-state index in [0.29, 0.717) is 46.7 Å². The monoisotopic (exact) mass is 463 g/mol. The number of pyridine rings is 1. The number of benzene rings is 2. The maximum absolute atomic E-state index is 13.4. The quantitative estimate of drug-likeness (QED) is 0.412. The van der Waals surface area contributed by atoms with E-state index in [1.807, 2.05) is 31.2 Å². The number of sulfonamides is 1. The third kappa shape index (κ3) is 4.40. The Labute approximate surface area is 193 Å². The fourth-order valence-corrected chi connectivity index (χ4v) is 5.20. The summed E-state index contributed by atoms with van der Waals surface area (Å²) in [6.45, 7) is 6.15. The van der Waals surface area contributed by atoms with Gasteiger partial charge in [0.1, 0.15) is 5.69 Å². The lowest BCUT2D eigenvalue weighted by Gasteiger charge is -2.19. The number of aryl methyl sites for hydroxylation is 1. The van der Waals surface area contributed by atoms with Crippen LogP contribution in [0.4, 0.5) is 5.69 Å². The van der Waals surface area contributed by atoms with Gasteiger partial charge in [0.2, 0.25) is 10.0 Å². The van der Waals surface area contributed by atoms with Crippen molar-refractivity contribution in [1.82, 2.24) is 9.29 Å². The molecule has 8 heteroatoms. The molecule has 0 spiro atoms. The van der Waals surface area contributed by atoms with E-state index in [1.54, 1.807) is 50.4 Å². The number of nitrogens with one attached hydrogen (secondary N) is 1. The molecule has 0 fully saturated rings. The van der Waals surface area contributed by atoms with Crippen LogP contribution < -0.4 is 5.32 Å². The minimum Gasteiger partial charge on any atom is -0.463 e. The van der Waals surface area contributed by atoms with E-state index in [9.17, 15) is 13.2 Å². The van der Waals surface area contributed by atoms with Crippen LogP contribution in [0.25, 0.3) is 22.4 Å². The summed E-state index contributed by atoms with van der Waals surface area (Å²) in [6.07, 6.45) is 1.55. The average molecular weight is 464 g/mol. The Balaban J connectivity index is 1.75. The summed E-state index contributed by atoms with van der Waals surface area (Å²) >= 11 is 0. The maximum Gasteiger partial charge on any atom is 0.256 e. The highest BCUT2D eigenvalue weighted by Crippen LogP contribution is 2.28. The van der Waals surface area contributed by atoms with Crippen LogP contribution in [0.5, 0.6) is 0 Å². The number of furan rings is 1. The highest BCUT2D eigenvalue weighted by atomic mass is 32.2. The van der Waals surface area contributed by atoms with E-state index in [-0.39, 0.29) is 10.8 Å².